The SMILES string of the molecule is COCCCCCOc1ccc(-c2nnc(-c3ccc(C(=O)On4nnc5ccccc54)cc3)s2)cc1. The molecule has 0 aliphatic heterocycles. The Bertz CT molecular complexity index is 1460. The number of hydrogen-bond acceptors (Lipinski definition) is 9. The van der Waals surface area contributed by atoms with Crippen LogP contribution in [0, 0.1) is 0 Å². The van der Waals surface area contributed by atoms with Crippen LogP contribution >= 0.6 is 11.3 Å². The van der Waals surface area contributed by atoms with Crippen molar-refractivity contribution in [2.75, 3.05) is 20.3 Å². The lowest BCUT2D eigenvalue weighted by atomic mass is 10.1. The van der Waals surface area contributed by atoms with Crippen LogP contribution in [-0.2, 0) is 4.74 Å². The summed E-state index contributed by atoms with van der Waals surface area (Å²) in [5, 5.41) is 18.1. The average Bonchev–Trinajstić information content (AvgIpc) is 3.59. The molecule has 9 nitrogen and oxygen atoms in total. The van der Waals surface area contributed by atoms with Crippen LogP contribution < -0.4 is 9.57 Å². The van der Waals surface area contributed by atoms with Crippen LogP contribution in [0.15, 0.2) is 72.8 Å². The molecule has 0 amide bonds. The van der Waals surface area contributed by atoms with Crippen molar-refractivity contribution in [2.45, 2.75) is 19.3 Å². The third-order valence-electron chi connectivity index (χ3n) is 5.65. The summed E-state index contributed by atoms with van der Waals surface area (Å²) in [6.45, 7) is 1.47. The zero-order chi connectivity index (χ0) is 25.5. The number of methoxy groups -OCH3 is 1. The van der Waals surface area contributed by atoms with E-state index >= 15 is 0 Å². The molecule has 3 aromatic carbocycles. The van der Waals surface area contributed by atoms with Gasteiger partial charge in [0, 0.05) is 24.8 Å². The Labute approximate surface area is 217 Å². The van der Waals surface area contributed by atoms with Crippen LogP contribution in [0.5, 0.6) is 5.75 Å². The van der Waals surface area contributed by atoms with Gasteiger partial charge in [0.25, 0.3) is 0 Å². The lowest BCUT2D eigenvalue weighted by Crippen LogP contribution is -2.20. The van der Waals surface area contributed by atoms with Crippen molar-refractivity contribution in [3.05, 3.63) is 78.4 Å². The van der Waals surface area contributed by atoms with Crippen molar-refractivity contribution >= 4 is 28.3 Å². The molecular formula is C27H25N5O4S. The number of aromatic nitrogens is 5. The van der Waals surface area contributed by atoms with Crippen molar-refractivity contribution < 1.29 is 19.1 Å². The van der Waals surface area contributed by atoms with E-state index < -0.39 is 5.97 Å². The molecule has 2 aromatic heterocycles. The smallest absolute Gasteiger partial charge is 0.365 e. The van der Waals surface area contributed by atoms with E-state index in [0.717, 1.165) is 57.6 Å². The first-order chi connectivity index (χ1) is 18.2. The lowest BCUT2D eigenvalue weighted by molar-refractivity contribution is 0.0409. The van der Waals surface area contributed by atoms with Gasteiger partial charge in [-0.2, -0.15) is 0 Å². The number of hydrogen-bond donors (Lipinski definition) is 0. The highest BCUT2D eigenvalue weighted by Gasteiger charge is 2.14. The largest absolute Gasteiger partial charge is 0.494 e. The highest BCUT2D eigenvalue weighted by molar-refractivity contribution is 7.17. The maximum Gasteiger partial charge on any atom is 0.365 e. The molecule has 0 aliphatic carbocycles. The third-order valence-corrected chi connectivity index (χ3v) is 6.67. The minimum atomic E-state index is -0.530. The van der Waals surface area contributed by atoms with Crippen molar-refractivity contribution in [3.63, 3.8) is 0 Å². The number of carbonyl (C=O) groups is 1. The van der Waals surface area contributed by atoms with Gasteiger partial charge in [0.1, 0.15) is 26.8 Å². The van der Waals surface area contributed by atoms with Gasteiger partial charge >= 0.3 is 5.97 Å². The standard InChI is InChI=1S/C27H25N5O4S/c1-34-17-5-2-6-18-35-22-15-13-20(14-16-22)26-30-29-25(37-26)19-9-11-21(12-10-19)27(33)36-32-24-8-4-3-7-23(24)28-31-32/h3-4,7-16H,2,5-6,17-18H2,1H3. The van der Waals surface area contributed by atoms with Crippen molar-refractivity contribution in [3.8, 4) is 26.9 Å². The van der Waals surface area contributed by atoms with E-state index in [2.05, 4.69) is 20.5 Å². The Hall–Kier alpha value is -4.15. The lowest BCUT2D eigenvalue weighted by Gasteiger charge is -2.06. The molecule has 0 spiro atoms. The molecule has 0 saturated heterocycles. The quantitative estimate of drug-likeness (QED) is 0.177. The van der Waals surface area contributed by atoms with Gasteiger partial charge < -0.3 is 14.3 Å². The third kappa shape index (κ3) is 5.99. The minimum Gasteiger partial charge on any atom is -0.494 e. The summed E-state index contributed by atoms with van der Waals surface area (Å²) < 4.78 is 10.9. The molecule has 188 valence electrons. The monoisotopic (exact) mass is 515 g/mol. The van der Waals surface area contributed by atoms with Gasteiger partial charge in [-0.3, -0.25) is 0 Å². The number of nitrogens with zero attached hydrogens (tertiary/aromatic N) is 5. The number of ether oxygens (including phenoxy) is 2. The van der Waals surface area contributed by atoms with Crippen LogP contribution in [-0.4, -0.2) is 51.6 Å². The molecule has 0 atom stereocenters. The summed E-state index contributed by atoms with van der Waals surface area (Å²) in [7, 11) is 1.72. The second kappa shape index (κ2) is 11.7. The highest BCUT2D eigenvalue weighted by Crippen LogP contribution is 2.31. The fraction of sp³-hybridized carbons (Fsp3) is 0.222. The maximum atomic E-state index is 12.6. The first-order valence-corrected chi connectivity index (χ1v) is 12.7. The predicted octanol–water partition coefficient (Wildman–Crippen LogP) is 5.08. The summed E-state index contributed by atoms with van der Waals surface area (Å²) in [4.78, 5) is 19.1. The molecule has 0 bridgehead atoms. The molecule has 5 aromatic rings. The molecule has 2 heterocycles. The van der Waals surface area contributed by atoms with E-state index in [9.17, 15) is 4.79 Å². The van der Waals surface area contributed by atoms with Crippen LogP contribution in [0.1, 0.15) is 29.6 Å². The second-order valence-electron chi connectivity index (χ2n) is 8.25. The van der Waals surface area contributed by atoms with Gasteiger partial charge in [-0.25, -0.2) is 4.79 Å². The van der Waals surface area contributed by atoms with Gasteiger partial charge in [-0.1, -0.05) is 40.4 Å². The number of unbranched alkanes of at least 4 members (excludes halogenated alkanes) is 2. The van der Waals surface area contributed by atoms with Crippen LogP contribution in [0.2, 0.25) is 0 Å². The zero-order valence-corrected chi connectivity index (χ0v) is 21.1. The van der Waals surface area contributed by atoms with E-state index in [-0.39, 0.29) is 0 Å². The van der Waals surface area contributed by atoms with Crippen LogP contribution in [0.4, 0.5) is 0 Å². The number of rotatable bonds is 11. The summed E-state index contributed by atoms with van der Waals surface area (Å²) in [5.74, 6) is 0.305. The van der Waals surface area contributed by atoms with E-state index in [1.54, 1.807) is 31.4 Å². The van der Waals surface area contributed by atoms with E-state index in [1.165, 1.54) is 11.3 Å². The molecular weight excluding hydrogens is 490 g/mol. The van der Waals surface area contributed by atoms with Crippen molar-refractivity contribution in [1.29, 1.82) is 0 Å². The molecule has 37 heavy (non-hydrogen) atoms. The van der Waals surface area contributed by atoms with E-state index in [4.69, 9.17) is 14.3 Å². The summed E-state index contributed by atoms with van der Waals surface area (Å²) >= 11 is 1.48. The molecule has 0 unspecified atom stereocenters. The molecule has 0 aliphatic rings. The first-order valence-electron chi connectivity index (χ1n) is 11.9. The molecule has 0 N–H and O–H groups in total. The van der Waals surface area contributed by atoms with Crippen LogP contribution in [0.25, 0.3) is 32.2 Å². The summed E-state index contributed by atoms with van der Waals surface area (Å²) in [5.41, 5.74) is 3.48. The van der Waals surface area contributed by atoms with Gasteiger partial charge in [0.15, 0.2) is 0 Å². The second-order valence-corrected chi connectivity index (χ2v) is 9.22. The molecule has 0 radical (unpaired) electrons. The van der Waals surface area contributed by atoms with Gasteiger partial charge in [0.05, 0.1) is 12.2 Å². The van der Waals surface area contributed by atoms with Gasteiger partial charge in [-0.05, 0) is 73.0 Å². The number of fused-ring (bicyclic) bond motifs is 1. The Kier molecular flexibility index (Phi) is 7.78. The Morgan fingerprint density at radius 2 is 1.49 bits per heavy atom. The van der Waals surface area contributed by atoms with Crippen molar-refractivity contribution in [1.82, 2.24) is 25.4 Å². The van der Waals surface area contributed by atoms with Crippen LogP contribution in [0.3, 0.4) is 0 Å². The molecule has 5 rings (SSSR count). The maximum absolute atomic E-state index is 12.6. The number of carbonyl (C=O) groups excluding carboxylic acids is 1. The topological polar surface area (TPSA) is 101 Å². The zero-order valence-electron chi connectivity index (χ0n) is 20.2. The molecule has 0 fully saturated rings. The Balaban J connectivity index is 1.18. The summed E-state index contributed by atoms with van der Waals surface area (Å²) in [6.07, 6.45) is 3.13. The Morgan fingerprint density at radius 3 is 2.22 bits per heavy atom. The fourth-order valence-corrected chi connectivity index (χ4v) is 4.51. The number of benzene rings is 3. The fourth-order valence-electron chi connectivity index (χ4n) is 3.66. The minimum absolute atomic E-state index is 0.391. The first kappa shape index (κ1) is 24.5. The number of para-hydroxylation sites is 1. The Morgan fingerprint density at radius 1 is 0.811 bits per heavy atom. The highest BCUT2D eigenvalue weighted by atomic mass is 32.1. The summed E-state index contributed by atoms with van der Waals surface area (Å²) in [6, 6.07) is 22.2. The van der Waals surface area contributed by atoms with E-state index in [1.807, 2.05) is 48.5 Å². The normalized spacial score (nSPS) is 11.1. The van der Waals surface area contributed by atoms with E-state index in [0.29, 0.717) is 23.2 Å². The van der Waals surface area contributed by atoms with Gasteiger partial charge in [-0.15, -0.1) is 15.3 Å². The van der Waals surface area contributed by atoms with Gasteiger partial charge in [0.2, 0.25) is 0 Å². The predicted molar refractivity (Wildman–Crippen MR) is 140 cm³/mol. The molecule has 10 heteroatoms. The average molecular weight is 516 g/mol. The van der Waals surface area contributed by atoms with Crippen molar-refractivity contribution in [2.24, 2.45) is 0 Å². The molecule has 0 saturated carbocycles.